The van der Waals surface area contributed by atoms with Crippen molar-refractivity contribution in [3.05, 3.63) is 62.0 Å². The molecule has 22 heavy (non-hydrogen) atoms. The molecule has 1 aromatic rings. The van der Waals surface area contributed by atoms with Gasteiger partial charge in [-0.1, -0.05) is 0 Å². The zero-order chi connectivity index (χ0) is 16.5. The van der Waals surface area contributed by atoms with Crippen LogP contribution in [0.3, 0.4) is 0 Å². The van der Waals surface area contributed by atoms with Crippen molar-refractivity contribution >= 4 is 30.0 Å². The Hall–Kier alpha value is 0.120. The SMILES string of the molecule is CC1=Cc2c(C)cccc2[CH]1[Zr]([CH3])([CH3])(=[SiH2])([Cl])([Cl])[C]1=CC=CC1. The second-order valence-electron chi connectivity index (χ2n) is 9.03. The Morgan fingerprint density at radius 2 is 1.86 bits per heavy atom. The Labute approximate surface area is 136 Å². The topological polar surface area (TPSA) is 0 Å². The Bertz CT molecular complexity index is 904. The minimum atomic E-state index is -5.16. The van der Waals surface area contributed by atoms with Crippen molar-refractivity contribution < 1.29 is 12.0 Å². The van der Waals surface area contributed by atoms with Gasteiger partial charge in [-0.15, -0.1) is 0 Å². The van der Waals surface area contributed by atoms with E-state index in [0.29, 0.717) is 0 Å². The first kappa shape index (κ1) is 17.0. The zero-order valence-electron chi connectivity index (χ0n) is 13.8. The number of allylic oxidation sites excluding steroid dienone is 5. The van der Waals surface area contributed by atoms with E-state index < -0.39 is 12.0 Å². The third-order valence-corrected chi connectivity index (χ3v) is 31.1. The van der Waals surface area contributed by atoms with Crippen molar-refractivity contribution in [2.75, 3.05) is 0 Å². The molecule has 1 unspecified atom stereocenters. The van der Waals surface area contributed by atoms with Gasteiger partial charge in [0.1, 0.15) is 0 Å². The summed E-state index contributed by atoms with van der Waals surface area (Å²) < 4.78 is 5.72. The molecule has 1 atom stereocenters. The number of hydrogen-bond donors (Lipinski definition) is 0. The number of halogens is 2. The molecule has 0 saturated carbocycles. The van der Waals surface area contributed by atoms with Gasteiger partial charge in [-0.3, -0.25) is 0 Å². The summed E-state index contributed by atoms with van der Waals surface area (Å²) in [6.07, 6.45) is 9.58. The average Bonchev–Trinajstić information content (AvgIpc) is 2.94. The van der Waals surface area contributed by atoms with Gasteiger partial charge < -0.3 is 0 Å². The van der Waals surface area contributed by atoms with Crippen molar-refractivity contribution in [3.63, 3.8) is 0 Å². The molecule has 0 aliphatic heterocycles. The summed E-state index contributed by atoms with van der Waals surface area (Å²) >= 11 is -5.16. The molecule has 0 saturated heterocycles. The van der Waals surface area contributed by atoms with E-state index in [1.807, 2.05) is 6.88 Å². The first-order valence-corrected chi connectivity index (χ1v) is 27.7. The molecule has 0 N–H and O–H groups in total. The molecule has 3 rings (SSSR count). The van der Waals surface area contributed by atoms with Gasteiger partial charge in [-0.05, 0) is 0 Å². The molecule has 118 valence electrons. The van der Waals surface area contributed by atoms with Crippen LogP contribution < -0.4 is 0 Å². The second kappa shape index (κ2) is 3.85. The summed E-state index contributed by atoms with van der Waals surface area (Å²) in [4.78, 5) is 0. The molecular weight excluding hydrogens is 406 g/mol. The van der Waals surface area contributed by atoms with Crippen molar-refractivity contribution in [2.45, 2.75) is 33.2 Å². The Morgan fingerprint density at radius 3 is 2.45 bits per heavy atom. The van der Waals surface area contributed by atoms with Crippen LogP contribution in [0.4, 0.5) is 0 Å². The third-order valence-electron chi connectivity index (χ3n) is 5.71. The number of fused-ring (bicyclic) bond motifs is 1. The van der Waals surface area contributed by atoms with Crippen molar-refractivity contribution in [3.8, 4) is 0 Å². The van der Waals surface area contributed by atoms with Crippen LogP contribution in [-0.4, -0.2) is 6.88 Å². The fourth-order valence-corrected chi connectivity index (χ4v) is 27.9. The zero-order valence-corrected chi connectivity index (χ0v) is 19.2. The number of aryl methyl sites for hydroxylation is 1. The van der Waals surface area contributed by atoms with E-state index in [2.05, 4.69) is 65.6 Å². The molecule has 0 bridgehead atoms. The first-order chi connectivity index (χ1) is 9.76. The Balaban J connectivity index is 2.40. The summed E-state index contributed by atoms with van der Waals surface area (Å²) in [6, 6.07) is 6.50. The van der Waals surface area contributed by atoms with Gasteiger partial charge in [0.2, 0.25) is 0 Å². The van der Waals surface area contributed by atoms with E-state index >= 15 is 0 Å². The van der Waals surface area contributed by atoms with Gasteiger partial charge in [0.25, 0.3) is 0 Å². The van der Waals surface area contributed by atoms with Crippen molar-refractivity contribution in [2.24, 2.45) is 0 Å². The van der Waals surface area contributed by atoms with Gasteiger partial charge in [0, 0.05) is 0 Å². The quantitative estimate of drug-likeness (QED) is 0.504. The average molecular weight is 431 g/mol. The van der Waals surface area contributed by atoms with Crippen LogP contribution in [-0.2, 0) is 12.0 Å². The number of benzene rings is 1. The summed E-state index contributed by atoms with van der Waals surface area (Å²) in [6.45, 7) is 6.25. The summed E-state index contributed by atoms with van der Waals surface area (Å²) in [7, 11) is 15.4. The second-order valence-corrected chi connectivity index (χ2v) is 75.9. The van der Waals surface area contributed by atoms with E-state index in [-0.39, 0.29) is 3.63 Å². The summed E-state index contributed by atoms with van der Waals surface area (Å²) in [5.74, 6) is 0. The van der Waals surface area contributed by atoms with Gasteiger partial charge >= 0.3 is 137 Å². The molecule has 0 heterocycles. The van der Waals surface area contributed by atoms with E-state index in [9.17, 15) is 0 Å². The van der Waals surface area contributed by atoms with Gasteiger partial charge in [0.15, 0.2) is 0 Å². The van der Waals surface area contributed by atoms with Crippen LogP contribution in [0.5, 0.6) is 0 Å². The van der Waals surface area contributed by atoms with Crippen LogP contribution in [0.1, 0.15) is 33.7 Å². The first-order valence-electron chi connectivity index (χ1n) is 7.89. The monoisotopic (exact) mass is 428 g/mol. The predicted octanol–water partition coefficient (Wildman–Crippen LogP) is 6.01. The normalized spacial score (nSPS) is 25.5. The fourth-order valence-electron chi connectivity index (χ4n) is 4.61. The Morgan fingerprint density at radius 1 is 1.18 bits per heavy atom. The van der Waals surface area contributed by atoms with E-state index in [4.69, 9.17) is 17.0 Å². The fraction of sp³-hybridized carbons (Fsp3) is 0.333. The maximum atomic E-state index is 7.71. The van der Waals surface area contributed by atoms with Crippen LogP contribution in [0.25, 0.3) is 6.08 Å². The molecule has 0 fully saturated rings. The molecule has 0 aromatic heterocycles. The molecule has 0 spiro atoms. The van der Waals surface area contributed by atoms with Crippen molar-refractivity contribution in [1.29, 1.82) is 0 Å². The third kappa shape index (κ3) is 2.25. The number of hydrogen-bond acceptors (Lipinski definition) is 0. The summed E-state index contributed by atoms with van der Waals surface area (Å²) in [5.41, 5.74) is 5.20. The van der Waals surface area contributed by atoms with Gasteiger partial charge in [-0.25, -0.2) is 0 Å². The van der Waals surface area contributed by atoms with Gasteiger partial charge in [0.05, 0.1) is 0 Å². The van der Waals surface area contributed by atoms with Crippen LogP contribution in [0.15, 0.2) is 45.3 Å². The molecule has 1 aromatic carbocycles. The number of rotatable bonds is 2. The molecule has 0 radical (unpaired) electrons. The molecule has 0 amide bonds. The van der Waals surface area contributed by atoms with E-state index in [1.54, 1.807) is 0 Å². The molecule has 2 aliphatic rings. The molecule has 0 nitrogen and oxygen atoms in total. The van der Waals surface area contributed by atoms with E-state index in [0.717, 1.165) is 6.42 Å². The van der Waals surface area contributed by atoms with Crippen molar-refractivity contribution in [1.82, 2.24) is 0 Å². The molecular formula is C18H24Cl2SiZr. The standard InChI is InChI=1S/C11H11.C5H5.2CH3.2ClH.H2Si.Zr/c1-8-6-10-5-3-4-9(2)11(10)7-8;1-2-4-5-3-1;;;;;;/h3-7H,1-2H3;1-3H,4H2;2*1H3;2*1H;1H2;/q;;;;;;;+2/p-2. The van der Waals surface area contributed by atoms with Crippen LogP contribution >= 0.6 is 17.0 Å². The Kier molecular flexibility index (Phi) is 2.97. The minimum absolute atomic E-state index is 0.0967. The molecule has 4 heteroatoms. The van der Waals surface area contributed by atoms with E-state index in [1.165, 1.54) is 25.5 Å². The van der Waals surface area contributed by atoms with Crippen LogP contribution in [0, 0.1) is 6.92 Å². The maximum absolute atomic E-state index is 7.71. The predicted molar refractivity (Wildman–Crippen MR) is 101 cm³/mol. The summed E-state index contributed by atoms with van der Waals surface area (Å²) in [5, 5.41) is 0. The van der Waals surface area contributed by atoms with Crippen LogP contribution in [0.2, 0.25) is 9.26 Å². The molecule has 2 aliphatic carbocycles. The van der Waals surface area contributed by atoms with Gasteiger partial charge in [-0.2, -0.15) is 0 Å².